The maximum absolute atomic E-state index is 11.8. The van der Waals surface area contributed by atoms with E-state index in [9.17, 15) is 4.79 Å². The van der Waals surface area contributed by atoms with Gasteiger partial charge in [-0.3, -0.25) is 9.59 Å². The Morgan fingerprint density at radius 1 is 1.10 bits per heavy atom. The third-order valence-electron chi connectivity index (χ3n) is 7.02. The molecule has 1 aromatic heterocycles. The number of likely N-dealkylation sites (N-methyl/N-ethyl adjacent to an activating group) is 1. The Balaban J connectivity index is 0.000000983. The number of allylic oxidation sites excluding steroid dienone is 1. The minimum absolute atomic E-state index is 0.0455. The molecule has 9 nitrogen and oxygen atoms in total. The zero-order valence-electron chi connectivity index (χ0n) is 23.7. The molecule has 2 atom stereocenters. The maximum atomic E-state index is 11.8. The highest BCUT2D eigenvalue weighted by molar-refractivity contribution is 5.87. The first-order chi connectivity index (χ1) is 18.8. The number of fused-ring (bicyclic) bond motifs is 1. The van der Waals surface area contributed by atoms with Crippen LogP contribution in [0, 0.1) is 0 Å². The van der Waals surface area contributed by atoms with E-state index in [2.05, 4.69) is 48.2 Å². The van der Waals surface area contributed by atoms with Crippen LogP contribution in [-0.4, -0.2) is 73.5 Å². The molecule has 0 saturated carbocycles. The summed E-state index contributed by atoms with van der Waals surface area (Å²) < 4.78 is 11.4. The van der Waals surface area contributed by atoms with Gasteiger partial charge in [-0.2, -0.15) is 0 Å². The predicted molar refractivity (Wildman–Crippen MR) is 156 cm³/mol. The van der Waals surface area contributed by atoms with Gasteiger partial charge >= 0.3 is 0 Å². The fraction of sp³-hybridized carbons (Fsp3) is 0.400. The van der Waals surface area contributed by atoms with Crippen molar-refractivity contribution < 1.29 is 19.1 Å². The molecule has 39 heavy (non-hydrogen) atoms. The SMILES string of the molecule is C=CC=O.CCc1c(OC)cc(OC)c(CC)c1-c1ccc2nc(NC3CN(C(C)=O)CC3NC)ncc2c1. The molecule has 1 saturated heterocycles. The summed E-state index contributed by atoms with van der Waals surface area (Å²) in [5.41, 5.74) is 5.44. The number of nitrogens with zero attached hydrogens (tertiary/aromatic N) is 3. The third kappa shape index (κ3) is 6.54. The van der Waals surface area contributed by atoms with Crippen LogP contribution >= 0.6 is 0 Å². The molecule has 2 unspecified atom stereocenters. The summed E-state index contributed by atoms with van der Waals surface area (Å²) in [6.07, 6.45) is 5.38. The Morgan fingerprint density at radius 3 is 2.23 bits per heavy atom. The fourth-order valence-corrected chi connectivity index (χ4v) is 5.06. The molecule has 2 aromatic carbocycles. The second-order valence-corrected chi connectivity index (χ2v) is 9.23. The first-order valence-corrected chi connectivity index (χ1v) is 13.1. The Hall–Kier alpha value is -3.98. The van der Waals surface area contributed by atoms with Gasteiger partial charge in [-0.1, -0.05) is 26.5 Å². The highest BCUT2D eigenvalue weighted by Crippen LogP contribution is 2.41. The van der Waals surface area contributed by atoms with Crippen molar-refractivity contribution in [3.8, 4) is 22.6 Å². The molecule has 1 fully saturated rings. The van der Waals surface area contributed by atoms with Gasteiger partial charge < -0.3 is 25.0 Å². The summed E-state index contributed by atoms with van der Waals surface area (Å²) in [4.78, 5) is 32.1. The van der Waals surface area contributed by atoms with Crippen LogP contribution in [0.4, 0.5) is 5.95 Å². The van der Waals surface area contributed by atoms with Gasteiger partial charge in [0.1, 0.15) is 17.8 Å². The number of nitrogens with one attached hydrogen (secondary N) is 2. The van der Waals surface area contributed by atoms with Crippen LogP contribution in [0.15, 0.2) is 43.1 Å². The van der Waals surface area contributed by atoms with Crippen molar-refractivity contribution in [3.63, 3.8) is 0 Å². The quantitative estimate of drug-likeness (QED) is 0.314. The lowest BCUT2D eigenvalue weighted by Gasteiger charge is -2.21. The zero-order valence-corrected chi connectivity index (χ0v) is 23.7. The van der Waals surface area contributed by atoms with Gasteiger partial charge in [0.2, 0.25) is 11.9 Å². The van der Waals surface area contributed by atoms with Crippen LogP contribution in [-0.2, 0) is 22.4 Å². The van der Waals surface area contributed by atoms with Gasteiger partial charge in [0.25, 0.3) is 0 Å². The van der Waals surface area contributed by atoms with Gasteiger partial charge in [-0.25, -0.2) is 9.97 Å². The number of hydrogen-bond acceptors (Lipinski definition) is 8. The molecule has 9 heteroatoms. The van der Waals surface area contributed by atoms with Crippen LogP contribution in [0.2, 0.25) is 0 Å². The number of methoxy groups -OCH3 is 2. The summed E-state index contributed by atoms with van der Waals surface area (Å²) in [7, 11) is 5.31. The molecule has 1 aliphatic rings. The molecule has 1 aliphatic heterocycles. The van der Waals surface area contributed by atoms with Gasteiger partial charge in [0.15, 0.2) is 0 Å². The number of rotatable bonds is 9. The van der Waals surface area contributed by atoms with Crippen LogP contribution in [0.1, 0.15) is 31.9 Å². The van der Waals surface area contributed by atoms with E-state index >= 15 is 0 Å². The Kier molecular flexibility index (Phi) is 10.4. The molecule has 4 rings (SSSR count). The number of amides is 1. The van der Waals surface area contributed by atoms with Crippen LogP contribution in [0.5, 0.6) is 11.5 Å². The number of anilines is 1. The van der Waals surface area contributed by atoms with Crippen molar-refractivity contribution >= 4 is 29.0 Å². The molecule has 1 amide bonds. The first-order valence-electron chi connectivity index (χ1n) is 13.1. The smallest absolute Gasteiger partial charge is 0.223 e. The molecule has 208 valence electrons. The molecule has 2 heterocycles. The van der Waals surface area contributed by atoms with E-state index < -0.39 is 0 Å². The van der Waals surface area contributed by atoms with Gasteiger partial charge in [-0.05, 0) is 49.2 Å². The topological polar surface area (TPSA) is 106 Å². The number of carbonyl (C=O) groups is 2. The maximum Gasteiger partial charge on any atom is 0.223 e. The molecular formula is C30H39N5O4. The minimum Gasteiger partial charge on any atom is -0.496 e. The van der Waals surface area contributed by atoms with Crippen LogP contribution in [0.3, 0.4) is 0 Å². The second-order valence-electron chi connectivity index (χ2n) is 9.23. The van der Waals surface area contributed by atoms with Crippen molar-refractivity contribution in [2.75, 3.05) is 39.7 Å². The number of aldehydes is 1. The lowest BCUT2D eigenvalue weighted by atomic mass is 9.89. The Bertz CT molecular complexity index is 1290. The minimum atomic E-state index is 0.0455. The molecule has 2 N–H and O–H groups in total. The number of carbonyl (C=O) groups excluding carboxylic acids is 2. The standard InChI is InChI=1S/C27H35N5O3.C3H4O/c1-7-19-24(34-5)12-25(35-6)20(8-2)26(19)17-9-10-21-18(11-17)13-29-27(30-21)31-23-15-32(16(3)33)14-22(23)28-4;1-2-3-4/h9-13,22-23,28H,7-8,14-15H2,1-6H3,(H,29,30,31);2-3H,1H2. The zero-order chi connectivity index (χ0) is 28.5. The summed E-state index contributed by atoms with van der Waals surface area (Å²) in [6.45, 7) is 10.3. The number of likely N-dealkylation sites (tertiary alicyclic amines) is 1. The lowest BCUT2D eigenvalue weighted by molar-refractivity contribution is -0.127. The predicted octanol–water partition coefficient (Wildman–Crippen LogP) is 4.04. The molecule has 0 radical (unpaired) electrons. The molecule has 0 aliphatic carbocycles. The number of hydrogen-bond donors (Lipinski definition) is 2. The Labute approximate surface area is 230 Å². The summed E-state index contributed by atoms with van der Waals surface area (Å²) in [6, 6.07) is 8.45. The summed E-state index contributed by atoms with van der Waals surface area (Å²) >= 11 is 0. The van der Waals surface area contributed by atoms with E-state index in [0.717, 1.165) is 57.5 Å². The van der Waals surface area contributed by atoms with Crippen molar-refractivity contribution in [1.29, 1.82) is 0 Å². The average molecular weight is 534 g/mol. The molecule has 0 bridgehead atoms. The number of ether oxygens (including phenoxy) is 2. The Morgan fingerprint density at radius 2 is 1.72 bits per heavy atom. The van der Waals surface area contributed by atoms with Crippen molar-refractivity contribution in [2.45, 2.75) is 45.7 Å². The van der Waals surface area contributed by atoms with Gasteiger partial charge in [0.05, 0.1) is 25.8 Å². The van der Waals surface area contributed by atoms with Crippen LogP contribution < -0.4 is 20.1 Å². The van der Waals surface area contributed by atoms with E-state index in [0.29, 0.717) is 25.3 Å². The molecule has 0 spiro atoms. The van der Waals surface area contributed by atoms with E-state index in [1.54, 1.807) is 21.1 Å². The largest absolute Gasteiger partial charge is 0.496 e. The molecular weight excluding hydrogens is 494 g/mol. The monoisotopic (exact) mass is 533 g/mol. The first kappa shape index (κ1) is 29.6. The van der Waals surface area contributed by atoms with E-state index in [4.69, 9.17) is 19.3 Å². The second kappa shape index (κ2) is 13.7. The number of benzene rings is 2. The van der Waals surface area contributed by atoms with Crippen LogP contribution in [0.25, 0.3) is 22.0 Å². The van der Waals surface area contributed by atoms with Crippen molar-refractivity contribution in [2.24, 2.45) is 0 Å². The summed E-state index contributed by atoms with van der Waals surface area (Å²) in [5, 5.41) is 7.67. The third-order valence-corrected chi connectivity index (χ3v) is 7.02. The fourth-order valence-electron chi connectivity index (χ4n) is 5.06. The van der Waals surface area contributed by atoms with E-state index in [1.807, 2.05) is 30.3 Å². The van der Waals surface area contributed by atoms with Gasteiger partial charge in [-0.15, -0.1) is 0 Å². The van der Waals surface area contributed by atoms with E-state index in [1.165, 1.54) is 6.08 Å². The van der Waals surface area contributed by atoms with Crippen molar-refractivity contribution in [1.82, 2.24) is 20.2 Å². The van der Waals surface area contributed by atoms with Crippen molar-refractivity contribution in [3.05, 3.63) is 54.2 Å². The highest BCUT2D eigenvalue weighted by Gasteiger charge is 2.33. The average Bonchev–Trinajstić information content (AvgIpc) is 3.38. The van der Waals surface area contributed by atoms with Gasteiger partial charge in [0, 0.05) is 54.8 Å². The summed E-state index contributed by atoms with van der Waals surface area (Å²) in [5.74, 6) is 2.31. The van der Waals surface area contributed by atoms with E-state index in [-0.39, 0.29) is 18.0 Å². The normalized spacial score (nSPS) is 16.3. The molecule has 3 aromatic rings. The lowest BCUT2D eigenvalue weighted by Crippen LogP contribution is -2.41. The highest BCUT2D eigenvalue weighted by atomic mass is 16.5. The number of aromatic nitrogens is 2.